The molecule has 2 heterocycles. The van der Waals surface area contributed by atoms with Crippen LogP contribution in [0.3, 0.4) is 0 Å². The van der Waals surface area contributed by atoms with Crippen molar-refractivity contribution in [1.82, 2.24) is 19.6 Å². The minimum absolute atomic E-state index is 0.524. The van der Waals surface area contributed by atoms with Gasteiger partial charge in [0.25, 0.3) is 0 Å². The lowest BCUT2D eigenvalue weighted by molar-refractivity contribution is 0.415. The van der Waals surface area contributed by atoms with Crippen molar-refractivity contribution in [1.29, 1.82) is 0 Å². The number of aromatic nitrogens is 4. The van der Waals surface area contributed by atoms with Crippen LogP contribution in [-0.2, 0) is 0 Å². The van der Waals surface area contributed by atoms with E-state index in [0.29, 0.717) is 22.2 Å². The Labute approximate surface area is 136 Å². The maximum Gasteiger partial charge on any atom is 0.204 e. The third-order valence-corrected chi connectivity index (χ3v) is 3.84. The second kappa shape index (κ2) is 5.40. The molecule has 0 radical (unpaired) electrons. The van der Waals surface area contributed by atoms with Gasteiger partial charge in [0.15, 0.2) is 5.82 Å². The highest BCUT2D eigenvalue weighted by molar-refractivity contribution is 6.32. The molecule has 0 aliphatic carbocycles. The van der Waals surface area contributed by atoms with Crippen molar-refractivity contribution in [3.05, 3.63) is 53.8 Å². The molecule has 0 amide bonds. The van der Waals surface area contributed by atoms with Crippen molar-refractivity contribution >= 4 is 39.8 Å². The van der Waals surface area contributed by atoms with Crippen LogP contribution in [0.15, 0.2) is 48.8 Å². The second-order valence-electron chi connectivity index (χ2n) is 4.95. The zero-order valence-electron chi connectivity index (χ0n) is 12.2. The second-order valence-corrected chi connectivity index (χ2v) is 5.36. The maximum absolute atomic E-state index is 6.17. The average molecular weight is 326 g/mol. The zero-order valence-corrected chi connectivity index (χ0v) is 12.9. The van der Waals surface area contributed by atoms with Gasteiger partial charge in [0, 0.05) is 5.69 Å². The number of fused-ring (bicyclic) bond motifs is 3. The van der Waals surface area contributed by atoms with Crippen molar-refractivity contribution in [2.24, 2.45) is 0 Å². The molecule has 2 aromatic heterocycles. The molecule has 114 valence electrons. The summed E-state index contributed by atoms with van der Waals surface area (Å²) in [5.74, 6) is 1.23. The van der Waals surface area contributed by atoms with Gasteiger partial charge >= 0.3 is 0 Å². The Hall–Kier alpha value is -2.86. The maximum atomic E-state index is 6.17. The smallest absolute Gasteiger partial charge is 0.204 e. The molecule has 1 N–H and O–H groups in total. The summed E-state index contributed by atoms with van der Waals surface area (Å²) in [6.07, 6.45) is 1.67. The topological polar surface area (TPSA) is 64.3 Å². The van der Waals surface area contributed by atoms with Gasteiger partial charge in [0.2, 0.25) is 5.65 Å². The molecule has 6 nitrogen and oxygen atoms in total. The minimum Gasteiger partial charge on any atom is -0.495 e. The number of rotatable bonds is 3. The van der Waals surface area contributed by atoms with Gasteiger partial charge in [-0.1, -0.05) is 23.7 Å². The molecule has 0 fully saturated rings. The predicted molar refractivity (Wildman–Crippen MR) is 89.6 cm³/mol. The number of methoxy groups -OCH3 is 1. The predicted octanol–water partition coefficient (Wildman–Crippen LogP) is 3.68. The van der Waals surface area contributed by atoms with Gasteiger partial charge in [-0.05, 0) is 30.3 Å². The van der Waals surface area contributed by atoms with Crippen LogP contribution in [-0.4, -0.2) is 26.7 Å². The van der Waals surface area contributed by atoms with Crippen molar-refractivity contribution in [3.63, 3.8) is 0 Å². The van der Waals surface area contributed by atoms with Crippen LogP contribution in [0.25, 0.3) is 16.7 Å². The molecular formula is C16H12ClN5O. The first-order valence-electron chi connectivity index (χ1n) is 6.95. The summed E-state index contributed by atoms with van der Waals surface area (Å²) in [4.78, 5) is 4.63. The molecule has 4 aromatic rings. The fraction of sp³-hybridized carbons (Fsp3) is 0.0625. The van der Waals surface area contributed by atoms with Crippen LogP contribution in [0.1, 0.15) is 0 Å². The number of nitrogens with one attached hydrogen (secondary N) is 1. The number of benzene rings is 2. The van der Waals surface area contributed by atoms with Crippen LogP contribution >= 0.6 is 11.6 Å². The summed E-state index contributed by atoms with van der Waals surface area (Å²) < 4.78 is 7.06. The molecule has 4 rings (SSSR count). The highest BCUT2D eigenvalue weighted by Gasteiger charge is 2.11. The van der Waals surface area contributed by atoms with E-state index in [9.17, 15) is 0 Å². The molecule has 23 heavy (non-hydrogen) atoms. The van der Waals surface area contributed by atoms with E-state index in [0.717, 1.165) is 16.7 Å². The standard InChI is InChI=1S/C16H12ClN5O/c1-23-14-7-6-10(8-11(14)17)19-15-16-21-18-9-22(16)13-5-3-2-4-12(13)20-15/h2-9H,1H3,(H,19,20). The molecule has 2 aromatic carbocycles. The molecular weight excluding hydrogens is 314 g/mol. The molecule has 0 aliphatic rings. The summed E-state index contributed by atoms with van der Waals surface area (Å²) in [5.41, 5.74) is 3.24. The molecule has 0 spiro atoms. The summed E-state index contributed by atoms with van der Waals surface area (Å²) in [5, 5.41) is 11.9. The van der Waals surface area contributed by atoms with E-state index in [1.807, 2.05) is 34.7 Å². The van der Waals surface area contributed by atoms with E-state index >= 15 is 0 Å². The molecule has 0 aliphatic heterocycles. The fourth-order valence-corrected chi connectivity index (χ4v) is 2.73. The molecule has 0 atom stereocenters. The number of anilines is 2. The van der Waals surface area contributed by atoms with Crippen LogP contribution in [0.2, 0.25) is 5.02 Å². The normalized spacial score (nSPS) is 11.0. The van der Waals surface area contributed by atoms with Crippen molar-refractivity contribution in [3.8, 4) is 5.75 Å². The van der Waals surface area contributed by atoms with Gasteiger partial charge in [-0.2, -0.15) is 0 Å². The van der Waals surface area contributed by atoms with Gasteiger partial charge in [0.05, 0.1) is 23.2 Å². The van der Waals surface area contributed by atoms with Crippen LogP contribution in [0.5, 0.6) is 5.75 Å². The van der Waals surface area contributed by atoms with E-state index in [1.165, 1.54) is 0 Å². The van der Waals surface area contributed by atoms with E-state index in [2.05, 4.69) is 20.5 Å². The number of para-hydroxylation sites is 2. The Morgan fingerprint density at radius 2 is 2.04 bits per heavy atom. The van der Waals surface area contributed by atoms with Gasteiger partial charge < -0.3 is 10.1 Å². The third-order valence-electron chi connectivity index (χ3n) is 3.55. The van der Waals surface area contributed by atoms with E-state index in [-0.39, 0.29) is 0 Å². The minimum atomic E-state index is 0.524. The van der Waals surface area contributed by atoms with Crippen LogP contribution in [0.4, 0.5) is 11.5 Å². The highest BCUT2D eigenvalue weighted by Crippen LogP contribution is 2.29. The Morgan fingerprint density at radius 1 is 1.17 bits per heavy atom. The molecule has 0 saturated carbocycles. The number of halogens is 1. The summed E-state index contributed by atoms with van der Waals surface area (Å²) >= 11 is 6.17. The number of ether oxygens (including phenoxy) is 1. The molecule has 0 saturated heterocycles. The summed E-state index contributed by atoms with van der Waals surface area (Å²) in [7, 11) is 1.58. The third kappa shape index (κ3) is 2.33. The largest absolute Gasteiger partial charge is 0.495 e. The first kappa shape index (κ1) is 13.8. The van der Waals surface area contributed by atoms with E-state index in [4.69, 9.17) is 16.3 Å². The summed E-state index contributed by atoms with van der Waals surface area (Å²) in [6.45, 7) is 0. The van der Waals surface area contributed by atoms with E-state index in [1.54, 1.807) is 25.6 Å². The lowest BCUT2D eigenvalue weighted by Gasteiger charge is -2.10. The average Bonchev–Trinajstić information content (AvgIpc) is 3.05. The molecule has 0 unspecified atom stereocenters. The SMILES string of the molecule is COc1ccc(Nc2nc3ccccc3n3cnnc23)cc1Cl. The Kier molecular flexibility index (Phi) is 3.24. The van der Waals surface area contributed by atoms with Crippen molar-refractivity contribution in [2.75, 3.05) is 12.4 Å². The number of hydrogen-bond donors (Lipinski definition) is 1. The zero-order chi connectivity index (χ0) is 15.8. The van der Waals surface area contributed by atoms with Crippen LogP contribution < -0.4 is 10.1 Å². The highest BCUT2D eigenvalue weighted by atomic mass is 35.5. The number of hydrogen-bond acceptors (Lipinski definition) is 5. The van der Waals surface area contributed by atoms with Crippen molar-refractivity contribution in [2.45, 2.75) is 0 Å². The Balaban J connectivity index is 1.84. The van der Waals surface area contributed by atoms with Crippen molar-refractivity contribution < 1.29 is 4.74 Å². The number of nitrogens with zero attached hydrogens (tertiary/aromatic N) is 4. The Morgan fingerprint density at radius 3 is 2.87 bits per heavy atom. The van der Waals surface area contributed by atoms with Gasteiger partial charge in [-0.15, -0.1) is 10.2 Å². The van der Waals surface area contributed by atoms with Gasteiger partial charge in [-0.25, -0.2) is 4.98 Å². The molecule has 7 heteroatoms. The van der Waals surface area contributed by atoms with Gasteiger partial charge in [-0.3, -0.25) is 4.40 Å². The van der Waals surface area contributed by atoms with Crippen LogP contribution in [0, 0.1) is 0 Å². The molecule has 0 bridgehead atoms. The first-order chi connectivity index (χ1) is 11.3. The monoisotopic (exact) mass is 325 g/mol. The van der Waals surface area contributed by atoms with Gasteiger partial charge in [0.1, 0.15) is 12.1 Å². The fourth-order valence-electron chi connectivity index (χ4n) is 2.47. The quantitative estimate of drug-likeness (QED) is 0.622. The Bertz CT molecular complexity index is 1010. The lowest BCUT2D eigenvalue weighted by atomic mass is 10.3. The summed E-state index contributed by atoms with van der Waals surface area (Å²) in [6, 6.07) is 13.3. The first-order valence-corrected chi connectivity index (χ1v) is 7.33. The van der Waals surface area contributed by atoms with E-state index < -0.39 is 0 Å². The lowest BCUT2D eigenvalue weighted by Crippen LogP contribution is -2.00.